The maximum Gasteiger partial charge on any atom is 0.412 e. The molecular formula is C38H39N3O8. The third-order valence-electron chi connectivity index (χ3n) is 7.57. The standard InChI is InChI=1S/C38H39N3O8/c1-38(2,3)49-37(44)40-25-13-15-26(16-14-25)41-33(35(42)39-4)32(24-19-30(45-5)34(47-7)31(20-24)46-6)28-18-17-27(21-29(28)36(41)43)48-22-23-11-9-8-10-12-23/h8-21H,22H2,1-7H3,(H,39,42)(H,40,44). The number of amides is 2. The highest BCUT2D eigenvalue weighted by atomic mass is 16.6. The lowest BCUT2D eigenvalue weighted by atomic mass is 9.95. The molecule has 254 valence electrons. The summed E-state index contributed by atoms with van der Waals surface area (Å²) < 4.78 is 29.7. The minimum absolute atomic E-state index is 0.0695. The summed E-state index contributed by atoms with van der Waals surface area (Å²) in [6.45, 7) is 5.60. The molecule has 0 bridgehead atoms. The monoisotopic (exact) mass is 665 g/mol. The molecule has 0 spiro atoms. The zero-order valence-electron chi connectivity index (χ0n) is 28.5. The normalized spacial score (nSPS) is 11.1. The number of rotatable bonds is 10. The van der Waals surface area contributed by atoms with E-state index >= 15 is 0 Å². The summed E-state index contributed by atoms with van der Waals surface area (Å²) >= 11 is 0. The zero-order valence-corrected chi connectivity index (χ0v) is 28.5. The predicted molar refractivity (Wildman–Crippen MR) is 189 cm³/mol. The minimum Gasteiger partial charge on any atom is -0.493 e. The van der Waals surface area contributed by atoms with E-state index in [1.807, 2.05) is 30.3 Å². The summed E-state index contributed by atoms with van der Waals surface area (Å²) in [6, 6.07) is 24.9. The smallest absolute Gasteiger partial charge is 0.412 e. The number of hydrogen-bond donors (Lipinski definition) is 2. The van der Waals surface area contributed by atoms with Gasteiger partial charge in [-0.05, 0) is 91.9 Å². The van der Waals surface area contributed by atoms with Gasteiger partial charge in [0.05, 0.1) is 26.7 Å². The molecule has 0 aliphatic rings. The largest absolute Gasteiger partial charge is 0.493 e. The molecule has 0 radical (unpaired) electrons. The van der Waals surface area contributed by atoms with E-state index in [2.05, 4.69) is 10.6 Å². The molecule has 2 N–H and O–H groups in total. The second-order valence-corrected chi connectivity index (χ2v) is 12.0. The topological polar surface area (TPSA) is 126 Å². The Kier molecular flexibility index (Phi) is 10.1. The number of carbonyl (C=O) groups excluding carboxylic acids is 2. The van der Waals surface area contributed by atoms with Gasteiger partial charge in [0.25, 0.3) is 11.5 Å². The number of aromatic nitrogens is 1. The van der Waals surface area contributed by atoms with Gasteiger partial charge in [0.15, 0.2) is 11.5 Å². The zero-order chi connectivity index (χ0) is 35.3. The fourth-order valence-electron chi connectivity index (χ4n) is 5.42. The second kappa shape index (κ2) is 14.4. The summed E-state index contributed by atoms with van der Waals surface area (Å²) in [7, 11) is 6.00. The predicted octanol–water partition coefficient (Wildman–Crippen LogP) is 6.97. The SMILES string of the molecule is CNC(=O)c1c(-c2cc(OC)c(OC)c(OC)c2)c2ccc(OCc3ccccc3)cc2c(=O)n1-c1ccc(NC(=O)OC(C)(C)C)cc1. The molecule has 11 heteroatoms. The van der Waals surface area contributed by atoms with E-state index in [0.29, 0.717) is 62.9 Å². The van der Waals surface area contributed by atoms with Crippen molar-refractivity contribution in [2.45, 2.75) is 33.0 Å². The Morgan fingerprint density at radius 1 is 0.796 bits per heavy atom. The van der Waals surface area contributed by atoms with Gasteiger partial charge in [0, 0.05) is 24.0 Å². The molecule has 1 heterocycles. The minimum atomic E-state index is -0.683. The summed E-state index contributed by atoms with van der Waals surface area (Å²) in [5.74, 6) is 1.07. The first-order valence-electron chi connectivity index (χ1n) is 15.5. The number of anilines is 1. The van der Waals surface area contributed by atoms with Gasteiger partial charge >= 0.3 is 6.09 Å². The Hall–Kier alpha value is -5.97. The summed E-state index contributed by atoms with van der Waals surface area (Å²) in [6.07, 6.45) is -0.623. The van der Waals surface area contributed by atoms with E-state index in [1.54, 1.807) is 75.4 Å². The van der Waals surface area contributed by atoms with Crippen molar-refractivity contribution < 1.29 is 33.3 Å². The maximum atomic E-state index is 14.5. The van der Waals surface area contributed by atoms with Gasteiger partial charge in [-0.1, -0.05) is 30.3 Å². The van der Waals surface area contributed by atoms with Crippen molar-refractivity contribution >= 4 is 28.5 Å². The number of carbonyl (C=O) groups is 2. The van der Waals surface area contributed by atoms with Crippen molar-refractivity contribution in [2.24, 2.45) is 0 Å². The number of nitrogens with one attached hydrogen (secondary N) is 2. The van der Waals surface area contributed by atoms with Gasteiger partial charge in [-0.2, -0.15) is 0 Å². The molecule has 2 amide bonds. The van der Waals surface area contributed by atoms with Crippen LogP contribution in [0.15, 0.2) is 89.7 Å². The van der Waals surface area contributed by atoms with Crippen LogP contribution in [-0.2, 0) is 11.3 Å². The van der Waals surface area contributed by atoms with Crippen LogP contribution in [0.5, 0.6) is 23.0 Å². The molecule has 0 aliphatic heterocycles. The molecule has 1 aromatic heterocycles. The lowest BCUT2D eigenvalue weighted by molar-refractivity contribution is 0.0635. The number of pyridine rings is 1. The number of benzene rings is 4. The fraction of sp³-hybridized carbons (Fsp3) is 0.237. The molecule has 4 aromatic carbocycles. The second-order valence-electron chi connectivity index (χ2n) is 12.0. The van der Waals surface area contributed by atoms with Crippen LogP contribution in [0.2, 0.25) is 0 Å². The van der Waals surface area contributed by atoms with Crippen LogP contribution in [0, 0.1) is 0 Å². The highest BCUT2D eigenvalue weighted by Crippen LogP contribution is 2.44. The van der Waals surface area contributed by atoms with Crippen molar-refractivity contribution in [3.8, 4) is 39.8 Å². The van der Waals surface area contributed by atoms with E-state index in [-0.39, 0.29) is 5.69 Å². The summed E-state index contributed by atoms with van der Waals surface area (Å²) in [5.41, 5.74) is 1.69. The van der Waals surface area contributed by atoms with E-state index in [9.17, 15) is 14.4 Å². The van der Waals surface area contributed by atoms with Gasteiger partial charge in [-0.3, -0.25) is 19.5 Å². The Morgan fingerprint density at radius 2 is 1.45 bits per heavy atom. The number of nitrogens with zero attached hydrogens (tertiary/aromatic N) is 1. The van der Waals surface area contributed by atoms with Crippen LogP contribution in [0.4, 0.5) is 10.5 Å². The molecule has 0 unspecified atom stereocenters. The number of fused-ring (bicyclic) bond motifs is 1. The first kappa shape index (κ1) is 34.4. The quantitative estimate of drug-likeness (QED) is 0.164. The van der Waals surface area contributed by atoms with Crippen molar-refractivity contribution in [1.29, 1.82) is 0 Å². The molecule has 0 saturated carbocycles. The molecule has 0 saturated heterocycles. The van der Waals surface area contributed by atoms with E-state index in [1.165, 1.54) is 32.9 Å². The number of methoxy groups -OCH3 is 3. The van der Waals surface area contributed by atoms with Gasteiger partial charge in [-0.15, -0.1) is 0 Å². The van der Waals surface area contributed by atoms with E-state index < -0.39 is 23.2 Å². The van der Waals surface area contributed by atoms with Crippen LogP contribution in [0.25, 0.3) is 27.6 Å². The molecule has 49 heavy (non-hydrogen) atoms. The van der Waals surface area contributed by atoms with E-state index in [4.69, 9.17) is 23.7 Å². The molecule has 0 atom stereocenters. The first-order valence-corrected chi connectivity index (χ1v) is 15.5. The average molecular weight is 666 g/mol. The van der Waals surface area contributed by atoms with Crippen LogP contribution in [-0.4, -0.2) is 50.5 Å². The van der Waals surface area contributed by atoms with Crippen LogP contribution in [0.3, 0.4) is 0 Å². The first-order chi connectivity index (χ1) is 23.5. The van der Waals surface area contributed by atoms with Gasteiger partial charge in [-0.25, -0.2) is 4.79 Å². The number of ether oxygens (including phenoxy) is 5. The average Bonchev–Trinajstić information content (AvgIpc) is 3.09. The molecule has 5 aromatic rings. The molecule has 5 rings (SSSR count). The van der Waals surface area contributed by atoms with Crippen LogP contribution in [0.1, 0.15) is 36.8 Å². The molecule has 0 fully saturated rings. The maximum absolute atomic E-state index is 14.5. The van der Waals surface area contributed by atoms with Crippen molar-refractivity contribution in [3.63, 3.8) is 0 Å². The highest BCUT2D eigenvalue weighted by Gasteiger charge is 2.26. The van der Waals surface area contributed by atoms with Gasteiger partial charge in [0.2, 0.25) is 5.75 Å². The van der Waals surface area contributed by atoms with Crippen molar-refractivity contribution in [3.05, 3.63) is 107 Å². The van der Waals surface area contributed by atoms with Crippen LogP contribution < -0.4 is 35.1 Å². The molecular weight excluding hydrogens is 626 g/mol. The van der Waals surface area contributed by atoms with E-state index in [0.717, 1.165) is 5.56 Å². The number of hydrogen-bond acceptors (Lipinski definition) is 8. The highest BCUT2D eigenvalue weighted by molar-refractivity contribution is 6.09. The van der Waals surface area contributed by atoms with Crippen molar-refractivity contribution in [2.75, 3.05) is 33.7 Å². The third kappa shape index (κ3) is 7.46. The Morgan fingerprint density at radius 3 is 2.02 bits per heavy atom. The van der Waals surface area contributed by atoms with Gasteiger partial charge in [0.1, 0.15) is 23.7 Å². The van der Waals surface area contributed by atoms with Gasteiger partial charge < -0.3 is 29.0 Å². The lowest BCUT2D eigenvalue weighted by Crippen LogP contribution is -2.31. The summed E-state index contributed by atoms with van der Waals surface area (Å²) in [4.78, 5) is 40.8. The third-order valence-corrected chi connectivity index (χ3v) is 7.57. The lowest BCUT2D eigenvalue weighted by Gasteiger charge is -2.22. The van der Waals surface area contributed by atoms with Crippen LogP contribution >= 0.6 is 0 Å². The Bertz CT molecular complexity index is 2020. The molecule has 11 nitrogen and oxygen atoms in total. The Balaban J connectivity index is 1.76. The fourth-order valence-corrected chi connectivity index (χ4v) is 5.42. The summed E-state index contributed by atoms with van der Waals surface area (Å²) in [5, 5.41) is 6.20. The van der Waals surface area contributed by atoms with Crippen molar-refractivity contribution in [1.82, 2.24) is 9.88 Å². The Labute approximate surface area is 284 Å². The molecule has 0 aliphatic carbocycles.